The summed E-state index contributed by atoms with van der Waals surface area (Å²) < 4.78 is 5.20. The van der Waals surface area contributed by atoms with Crippen molar-refractivity contribution in [1.82, 2.24) is 4.90 Å². The third-order valence-electron chi connectivity index (χ3n) is 2.68. The molecule has 0 saturated carbocycles. The quantitative estimate of drug-likeness (QED) is 0.801. The molecule has 1 amide bonds. The van der Waals surface area contributed by atoms with Crippen LogP contribution >= 0.6 is 11.6 Å². The van der Waals surface area contributed by atoms with Gasteiger partial charge in [-0.3, -0.25) is 9.69 Å². The summed E-state index contributed by atoms with van der Waals surface area (Å²) in [5.41, 5.74) is 0.668. The first kappa shape index (κ1) is 16.5. The summed E-state index contributed by atoms with van der Waals surface area (Å²) in [4.78, 5) is 14.0. The number of nitrogens with zero attached hydrogens (tertiary/aromatic N) is 1. The van der Waals surface area contributed by atoms with E-state index in [4.69, 9.17) is 16.3 Å². The molecule has 0 fully saturated rings. The standard InChI is InChI=1S/C15H21ClN2O2/c1-4-9-18(10-12(2)16)11-15(19)17-13-7-5-6-8-14(13)20-3/h5-8H,2,4,9-11H2,1,3H3,(H,17,19). The van der Waals surface area contributed by atoms with E-state index in [0.29, 0.717) is 23.0 Å². The van der Waals surface area contributed by atoms with Gasteiger partial charge in [-0.05, 0) is 25.1 Å². The van der Waals surface area contributed by atoms with Gasteiger partial charge in [0.15, 0.2) is 0 Å². The van der Waals surface area contributed by atoms with E-state index < -0.39 is 0 Å². The molecule has 0 bridgehead atoms. The normalized spacial score (nSPS) is 10.4. The number of carbonyl (C=O) groups is 1. The Balaban J connectivity index is 2.62. The predicted octanol–water partition coefficient (Wildman–Crippen LogP) is 3.10. The number of para-hydroxylation sites is 2. The van der Waals surface area contributed by atoms with Gasteiger partial charge < -0.3 is 10.1 Å². The van der Waals surface area contributed by atoms with Crippen LogP contribution in [-0.4, -0.2) is 37.6 Å². The third-order valence-corrected chi connectivity index (χ3v) is 2.80. The molecule has 1 aromatic carbocycles. The number of hydrogen-bond acceptors (Lipinski definition) is 3. The Hall–Kier alpha value is -1.52. The number of ether oxygens (including phenoxy) is 1. The number of nitrogens with one attached hydrogen (secondary N) is 1. The highest BCUT2D eigenvalue weighted by atomic mass is 35.5. The Bertz CT molecular complexity index is 463. The molecule has 0 saturated heterocycles. The summed E-state index contributed by atoms with van der Waals surface area (Å²) in [6.45, 7) is 7.31. The first-order valence-electron chi connectivity index (χ1n) is 6.55. The molecule has 0 radical (unpaired) electrons. The minimum Gasteiger partial charge on any atom is -0.495 e. The number of methoxy groups -OCH3 is 1. The summed E-state index contributed by atoms with van der Waals surface area (Å²) in [6.07, 6.45) is 0.951. The highest BCUT2D eigenvalue weighted by Crippen LogP contribution is 2.22. The molecule has 1 rings (SSSR count). The van der Waals surface area contributed by atoms with Gasteiger partial charge in [0, 0.05) is 11.6 Å². The lowest BCUT2D eigenvalue weighted by Gasteiger charge is -2.20. The predicted molar refractivity (Wildman–Crippen MR) is 83.3 cm³/mol. The second-order valence-corrected chi connectivity index (χ2v) is 5.01. The van der Waals surface area contributed by atoms with Crippen LogP contribution in [0.25, 0.3) is 0 Å². The van der Waals surface area contributed by atoms with Crippen LogP contribution in [0.5, 0.6) is 5.75 Å². The van der Waals surface area contributed by atoms with Crippen molar-refractivity contribution < 1.29 is 9.53 Å². The summed E-state index contributed by atoms with van der Waals surface area (Å²) in [6, 6.07) is 7.32. The fourth-order valence-corrected chi connectivity index (χ4v) is 2.08. The van der Waals surface area contributed by atoms with E-state index in [1.54, 1.807) is 19.2 Å². The fraction of sp³-hybridized carbons (Fsp3) is 0.400. The van der Waals surface area contributed by atoms with Gasteiger partial charge >= 0.3 is 0 Å². The van der Waals surface area contributed by atoms with Crippen LogP contribution in [0.1, 0.15) is 13.3 Å². The fourth-order valence-electron chi connectivity index (χ4n) is 1.91. The monoisotopic (exact) mass is 296 g/mol. The van der Waals surface area contributed by atoms with Crippen molar-refractivity contribution in [3.63, 3.8) is 0 Å². The van der Waals surface area contributed by atoms with Crippen LogP contribution in [0.4, 0.5) is 5.69 Å². The van der Waals surface area contributed by atoms with Crippen LogP contribution in [-0.2, 0) is 4.79 Å². The number of amides is 1. The lowest BCUT2D eigenvalue weighted by Crippen LogP contribution is -2.34. The topological polar surface area (TPSA) is 41.6 Å². The molecular weight excluding hydrogens is 276 g/mol. The first-order chi connectivity index (χ1) is 9.56. The highest BCUT2D eigenvalue weighted by Gasteiger charge is 2.12. The highest BCUT2D eigenvalue weighted by molar-refractivity contribution is 6.29. The maximum Gasteiger partial charge on any atom is 0.238 e. The van der Waals surface area contributed by atoms with E-state index in [2.05, 4.69) is 18.8 Å². The molecule has 0 heterocycles. The van der Waals surface area contributed by atoms with Crippen LogP contribution in [0.2, 0.25) is 0 Å². The van der Waals surface area contributed by atoms with Gasteiger partial charge in [-0.25, -0.2) is 0 Å². The van der Waals surface area contributed by atoms with Crippen molar-refractivity contribution >= 4 is 23.2 Å². The molecule has 4 nitrogen and oxygen atoms in total. The molecule has 110 valence electrons. The van der Waals surface area contributed by atoms with E-state index in [0.717, 1.165) is 13.0 Å². The van der Waals surface area contributed by atoms with Crippen molar-refractivity contribution in [3.05, 3.63) is 35.9 Å². The number of benzene rings is 1. The summed E-state index contributed by atoms with van der Waals surface area (Å²) in [5, 5.41) is 3.38. The van der Waals surface area contributed by atoms with Gasteiger partial charge in [0.1, 0.15) is 5.75 Å². The van der Waals surface area contributed by atoms with Crippen molar-refractivity contribution in [3.8, 4) is 5.75 Å². The molecule has 0 aliphatic carbocycles. The summed E-state index contributed by atoms with van der Waals surface area (Å²) >= 11 is 5.81. The molecule has 0 unspecified atom stereocenters. The molecule has 1 aromatic rings. The van der Waals surface area contributed by atoms with Gasteiger partial charge in [0.25, 0.3) is 0 Å². The van der Waals surface area contributed by atoms with Gasteiger partial charge in [0.05, 0.1) is 19.3 Å². The van der Waals surface area contributed by atoms with E-state index in [9.17, 15) is 4.79 Å². The second kappa shape index (κ2) is 8.61. The smallest absolute Gasteiger partial charge is 0.238 e. The van der Waals surface area contributed by atoms with Crippen LogP contribution in [0.3, 0.4) is 0 Å². The second-order valence-electron chi connectivity index (χ2n) is 4.48. The zero-order valence-electron chi connectivity index (χ0n) is 12.0. The molecule has 0 spiro atoms. The average molecular weight is 297 g/mol. The van der Waals surface area contributed by atoms with E-state index in [1.807, 2.05) is 17.0 Å². The largest absolute Gasteiger partial charge is 0.495 e. The molecule has 0 aliphatic rings. The molecule has 20 heavy (non-hydrogen) atoms. The van der Waals surface area contributed by atoms with Crippen LogP contribution in [0, 0.1) is 0 Å². The van der Waals surface area contributed by atoms with Gasteiger partial charge in [-0.2, -0.15) is 0 Å². The zero-order valence-corrected chi connectivity index (χ0v) is 12.7. The molecule has 1 N–H and O–H groups in total. The van der Waals surface area contributed by atoms with Crippen molar-refractivity contribution in [2.45, 2.75) is 13.3 Å². The number of halogens is 1. The summed E-state index contributed by atoms with van der Waals surface area (Å²) in [7, 11) is 1.58. The SMILES string of the molecule is C=C(Cl)CN(CCC)CC(=O)Nc1ccccc1OC. The molecule has 0 aromatic heterocycles. The van der Waals surface area contributed by atoms with Crippen LogP contribution < -0.4 is 10.1 Å². The molecular formula is C15H21ClN2O2. The van der Waals surface area contributed by atoms with Crippen molar-refractivity contribution in [1.29, 1.82) is 0 Å². The molecule has 0 atom stereocenters. The molecule has 0 aliphatic heterocycles. The van der Waals surface area contributed by atoms with Crippen molar-refractivity contribution in [2.24, 2.45) is 0 Å². The zero-order chi connectivity index (χ0) is 15.0. The minimum atomic E-state index is -0.0964. The Morgan fingerprint density at radius 1 is 1.40 bits per heavy atom. The minimum absolute atomic E-state index is 0.0964. The average Bonchev–Trinajstić information content (AvgIpc) is 2.38. The summed E-state index contributed by atoms with van der Waals surface area (Å²) in [5.74, 6) is 0.547. The third kappa shape index (κ3) is 5.63. The maximum atomic E-state index is 12.1. The van der Waals surface area contributed by atoms with Crippen LogP contribution in [0.15, 0.2) is 35.9 Å². The number of carbonyl (C=O) groups excluding carboxylic acids is 1. The van der Waals surface area contributed by atoms with E-state index >= 15 is 0 Å². The molecule has 5 heteroatoms. The number of anilines is 1. The van der Waals surface area contributed by atoms with Gasteiger partial charge in [0.2, 0.25) is 5.91 Å². The maximum absolute atomic E-state index is 12.1. The Morgan fingerprint density at radius 2 is 2.10 bits per heavy atom. The number of hydrogen-bond donors (Lipinski definition) is 1. The van der Waals surface area contributed by atoms with Gasteiger partial charge in [-0.1, -0.05) is 37.2 Å². The Labute approximate surface area is 125 Å². The lowest BCUT2D eigenvalue weighted by molar-refractivity contribution is -0.117. The Morgan fingerprint density at radius 3 is 2.70 bits per heavy atom. The van der Waals surface area contributed by atoms with E-state index in [-0.39, 0.29) is 12.5 Å². The van der Waals surface area contributed by atoms with Gasteiger partial charge in [-0.15, -0.1) is 0 Å². The van der Waals surface area contributed by atoms with E-state index in [1.165, 1.54) is 0 Å². The number of rotatable bonds is 8. The Kier molecular flexibility index (Phi) is 7.12. The first-order valence-corrected chi connectivity index (χ1v) is 6.93. The van der Waals surface area contributed by atoms with Crippen molar-refractivity contribution in [2.75, 3.05) is 32.1 Å². The lowest BCUT2D eigenvalue weighted by atomic mass is 10.3.